The standard InChI is InChI=1S/C25H24FNO5S/c26-20-11-7-18(8-12-20)19-9-13-21(14-10-19)32-23-6-2-1-5-22(23)25(17-24(28)27-29)15-3-4-16-33(25,30)31/h1-2,5-14,29H,3-4,15-17H2,(H,27,28). The van der Waals surface area contributed by atoms with E-state index in [1.807, 2.05) is 12.1 Å². The summed E-state index contributed by atoms with van der Waals surface area (Å²) in [7, 11) is -3.69. The summed E-state index contributed by atoms with van der Waals surface area (Å²) in [5.74, 6) is -0.283. The predicted octanol–water partition coefficient (Wildman–Crippen LogP) is 4.97. The largest absolute Gasteiger partial charge is 0.457 e. The molecular formula is C25H24FNO5S. The Bertz CT molecular complexity index is 1240. The van der Waals surface area contributed by atoms with Crippen molar-refractivity contribution in [2.24, 2.45) is 0 Å². The molecule has 33 heavy (non-hydrogen) atoms. The van der Waals surface area contributed by atoms with Gasteiger partial charge in [0.2, 0.25) is 5.91 Å². The molecular weight excluding hydrogens is 445 g/mol. The number of sulfone groups is 1. The summed E-state index contributed by atoms with van der Waals surface area (Å²) in [4.78, 5) is 12.1. The van der Waals surface area contributed by atoms with E-state index in [0.29, 0.717) is 29.9 Å². The Hall–Kier alpha value is -3.23. The first-order valence-electron chi connectivity index (χ1n) is 10.6. The number of benzene rings is 3. The Balaban J connectivity index is 1.69. The van der Waals surface area contributed by atoms with Gasteiger partial charge in [0.05, 0.1) is 12.2 Å². The fourth-order valence-corrected chi connectivity index (χ4v) is 6.65. The number of ether oxygens (including phenoxy) is 1. The summed E-state index contributed by atoms with van der Waals surface area (Å²) < 4.78 is 44.3. The minimum absolute atomic E-state index is 0.0353. The average Bonchev–Trinajstić information content (AvgIpc) is 2.82. The number of rotatable bonds is 6. The molecule has 4 rings (SSSR count). The van der Waals surface area contributed by atoms with Gasteiger partial charge in [0, 0.05) is 5.56 Å². The predicted molar refractivity (Wildman–Crippen MR) is 122 cm³/mol. The normalized spacial score (nSPS) is 19.6. The molecule has 0 saturated carbocycles. The molecule has 1 unspecified atom stereocenters. The maximum atomic E-state index is 13.2. The van der Waals surface area contributed by atoms with Gasteiger partial charge < -0.3 is 4.74 Å². The van der Waals surface area contributed by atoms with E-state index in [1.165, 1.54) is 12.1 Å². The summed E-state index contributed by atoms with van der Waals surface area (Å²) in [5.41, 5.74) is 3.70. The van der Waals surface area contributed by atoms with Gasteiger partial charge in [-0.3, -0.25) is 10.0 Å². The summed E-state index contributed by atoms with van der Waals surface area (Å²) in [6.07, 6.45) is 1.03. The molecule has 1 atom stereocenters. The third-order valence-corrected chi connectivity index (χ3v) is 8.63. The molecule has 2 N–H and O–H groups in total. The second-order valence-corrected chi connectivity index (χ2v) is 10.5. The van der Waals surface area contributed by atoms with E-state index in [0.717, 1.165) is 11.1 Å². The van der Waals surface area contributed by atoms with Gasteiger partial charge in [-0.2, -0.15) is 0 Å². The van der Waals surface area contributed by atoms with E-state index in [-0.39, 0.29) is 18.0 Å². The number of nitrogens with one attached hydrogen (secondary N) is 1. The van der Waals surface area contributed by atoms with Crippen LogP contribution in [-0.4, -0.2) is 25.3 Å². The van der Waals surface area contributed by atoms with Crippen LogP contribution >= 0.6 is 0 Å². The lowest BCUT2D eigenvalue weighted by Gasteiger charge is -2.37. The van der Waals surface area contributed by atoms with Gasteiger partial charge in [0.25, 0.3) is 0 Å². The summed E-state index contributed by atoms with van der Waals surface area (Å²) >= 11 is 0. The molecule has 8 heteroatoms. The maximum absolute atomic E-state index is 13.2. The fourth-order valence-electron chi connectivity index (χ4n) is 4.36. The van der Waals surface area contributed by atoms with Crippen LogP contribution < -0.4 is 10.2 Å². The van der Waals surface area contributed by atoms with Gasteiger partial charge in [-0.05, 0) is 54.3 Å². The Morgan fingerprint density at radius 3 is 2.24 bits per heavy atom. The molecule has 1 aliphatic rings. The molecule has 1 heterocycles. The molecule has 1 saturated heterocycles. The number of hydrogen-bond acceptors (Lipinski definition) is 5. The van der Waals surface area contributed by atoms with Crippen molar-refractivity contribution in [3.8, 4) is 22.6 Å². The monoisotopic (exact) mass is 469 g/mol. The van der Waals surface area contributed by atoms with Gasteiger partial charge in [-0.25, -0.2) is 18.3 Å². The van der Waals surface area contributed by atoms with Crippen molar-refractivity contribution in [1.82, 2.24) is 5.48 Å². The zero-order valence-corrected chi connectivity index (χ0v) is 18.6. The quantitative estimate of drug-likeness (QED) is 0.393. The average molecular weight is 470 g/mol. The van der Waals surface area contributed by atoms with E-state index < -0.39 is 26.9 Å². The number of carbonyl (C=O) groups excluding carboxylic acids is 1. The third-order valence-electron chi connectivity index (χ3n) is 6.05. The van der Waals surface area contributed by atoms with Crippen LogP contribution in [0.25, 0.3) is 11.1 Å². The first kappa shape index (κ1) is 22.9. The molecule has 172 valence electrons. The molecule has 0 aliphatic carbocycles. The van der Waals surface area contributed by atoms with Crippen LogP contribution in [0, 0.1) is 5.82 Å². The molecule has 0 aromatic heterocycles. The van der Waals surface area contributed by atoms with Crippen molar-refractivity contribution in [2.75, 3.05) is 5.75 Å². The van der Waals surface area contributed by atoms with Crippen molar-refractivity contribution in [1.29, 1.82) is 0 Å². The first-order valence-corrected chi connectivity index (χ1v) is 12.3. The first-order chi connectivity index (χ1) is 15.8. The van der Waals surface area contributed by atoms with Crippen molar-refractivity contribution >= 4 is 15.7 Å². The van der Waals surface area contributed by atoms with E-state index in [9.17, 15) is 17.6 Å². The Labute approximate surface area is 191 Å². The maximum Gasteiger partial charge on any atom is 0.245 e. The number of hydroxylamine groups is 1. The second kappa shape index (κ2) is 9.33. The molecule has 1 amide bonds. The highest BCUT2D eigenvalue weighted by Gasteiger charge is 2.49. The number of para-hydroxylation sites is 1. The van der Waals surface area contributed by atoms with Crippen LogP contribution in [0.5, 0.6) is 11.5 Å². The van der Waals surface area contributed by atoms with Gasteiger partial charge in [-0.1, -0.05) is 48.9 Å². The lowest BCUT2D eigenvalue weighted by molar-refractivity contribution is -0.130. The van der Waals surface area contributed by atoms with Crippen molar-refractivity contribution in [3.05, 3.63) is 84.2 Å². The Morgan fingerprint density at radius 2 is 1.61 bits per heavy atom. The summed E-state index contributed by atoms with van der Waals surface area (Å²) in [5, 5.41) is 9.09. The van der Waals surface area contributed by atoms with E-state index in [2.05, 4.69) is 0 Å². The molecule has 6 nitrogen and oxygen atoms in total. The highest BCUT2D eigenvalue weighted by atomic mass is 32.2. The Morgan fingerprint density at radius 1 is 0.970 bits per heavy atom. The second-order valence-electron chi connectivity index (χ2n) is 8.11. The molecule has 3 aromatic rings. The van der Waals surface area contributed by atoms with E-state index >= 15 is 0 Å². The minimum Gasteiger partial charge on any atom is -0.457 e. The van der Waals surface area contributed by atoms with Crippen LogP contribution in [0.15, 0.2) is 72.8 Å². The number of hydrogen-bond donors (Lipinski definition) is 2. The van der Waals surface area contributed by atoms with Gasteiger partial charge in [-0.15, -0.1) is 0 Å². The lowest BCUT2D eigenvalue weighted by Crippen LogP contribution is -2.44. The van der Waals surface area contributed by atoms with Crippen LogP contribution in [0.2, 0.25) is 0 Å². The van der Waals surface area contributed by atoms with Crippen molar-refractivity contribution in [3.63, 3.8) is 0 Å². The molecule has 0 bridgehead atoms. The van der Waals surface area contributed by atoms with E-state index in [4.69, 9.17) is 9.94 Å². The topological polar surface area (TPSA) is 92.7 Å². The van der Waals surface area contributed by atoms with Crippen molar-refractivity contribution < 1.29 is 27.5 Å². The molecule has 1 fully saturated rings. The SMILES string of the molecule is O=C(CC1(c2ccccc2Oc2ccc(-c3ccc(F)cc3)cc2)CCCCS1(=O)=O)NO. The summed E-state index contributed by atoms with van der Waals surface area (Å²) in [6.45, 7) is 0. The molecule has 1 aliphatic heterocycles. The number of amides is 1. The molecule has 0 radical (unpaired) electrons. The van der Waals surface area contributed by atoms with Gasteiger partial charge >= 0.3 is 0 Å². The third kappa shape index (κ3) is 4.62. The Kier molecular flexibility index (Phi) is 6.49. The van der Waals surface area contributed by atoms with Gasteiger partial charge in [0.1, 0.15) is 22.1 Å². The summed E-state index contributed by atoms with van der Waals surface area (Å²) in [6, 6.07) is 20.1. The van der Waals surface area contributed by atoms with Crippen molar-refractivity contribution in [2.45, 2.75) is 30.4 Å². The zero-order chi connectivity index (χ0) is 23.5. The number of halogens is 1. The van der Waals surface area contributed by atoms with Crippen LogP contribution in [-0.2, 0) is 19.4 Å². The minimum atomic E-state index is -3.69. The van der Waals surface area contributed by atoms with E-state index in [1.54, 1.807) is 54.0 Å². The van der Waals surface area contributed by atoms with Crippen LogP contribution in [0.4, 0.5) is 4.39 Å². The van der Waals surface area contributed by atoms with Crippen LogP contribution in [0.1, 0.15) is 31.2 Å². The molecule has 0 spiro atoms. The molecule has 3 aromatic carbocycles. The number of carbonyl (C=O) groups is 1. The van der Waals surface area contributed by atoms with Gasteiger partial charge in [0.15, 0.2) is 9.84 Å². The van der Waals surface area contributed by atoms with Crippen LogP contribution in [0.3, 0.4) is 0 Å². The fraction of sp³-hybridized carbons (Fsp3) is 0.240. The lowest BCUT2D eigenvalue weighted by atomic mass is 9.88. The zero-order valence-electron chi connectivity index (χ0n) is 17.8. The smallest absolute Gasteiger partial charge is 0.245 e. The highest BCUT2D eigenvalue weighted by Crippen LogP contribution is 2.47. The highest BCUT2D eigenvalue weighted by molar-refractivity contribution is 7.92.